The Bertz CT molecular complexity index is 680. The molecule has 0 atom stereocenters. The highest BCUT2D eigenvalue weighted by Crippen LogP contribution is 2.31. The summed E-state index contributed by atoms with van der Waals surface area (Å²) in [6.45, 7) is 3.72. The SMILES string of the molecule is C=C(C(=O)OC)c1ccc(Oc2ccc(Cl)cc2)cc1Br. The Balaban J connectivity index is 2.21. The van der Waals surface area contributed by atoms with Crippen LogP contribution in [0.4, 0.5) is 0 Å². The van der Waals surface area contributed by atoms with Crippen molar-refractivity contribution < 1.29 is 14.3 Å². The van der Waals surface area contributed by atoms with Gasteiger partial charge >= 0.3 is 5.97 Å². The molecule has 0 fully saturated rings. The largest absolute Gasteiger partial charge is 0.465 e. The molecule has 2 rings (SSSR count). The minimum Gasteiger partial charge on any atom is -0.465 e. The summed E-state index contributed by atoms with van der Waals surface area (Å²) < 4.78 is 11.1. The molecule has 0 heterocycles. The lowest BCUT2D eigenvalue weighted by Crippen LogP contribution is -2.03. The lowest BCUT2D eigenvalue weighted by Gasteiger charge is -2.10. The molecular formula is C16H12BrClO3. The second-order valence-corrected chi connectivity index (χ2v) is 5.46. The molecule has 0 saturated heterocycles. The predicted molar refractivity (Wildman–Crippen MR) is 86.7 cm³/mol. The number of esters is 1. The second-order valence-electron chi connectivity index (χ2n) is 4.17. The summed E-state index contributed by atoms with van der Waals surface area (Å²) in [5, 5.41) is 0.647. The number of ether oxygens (including phenoxy) is 2. The smallest absolute Gasteiger partial charge is 0.337 e. The summed E-state index contributed by atoms with van der Waals surface area (Å²) in [6, 6.07) is 12.3. The molecule has 0 aliphatic carbocycles. The van der Waals surface area contributed by atoms with Gasteiger partial charge in [0.1, 0.15) is 11.5 Å². The van der Waals surface area contributed by atoms with E-state index < -0.39 is 5.97 Å². The van der Waals surface area contributed by atoms with E-state index in [0.717, 1.165) is 0 Å². The van der Waals surface area contributed by atoms with Crippen molar-refractivity contribution in [3.63, 3.8) is 0 Å². The maximum atomic E-state index is 11.5. The van der Waals surface area contributed by atoms with Crippen LogP contribution in [-0.4, -0.2) is 13.1 Å². The molecule has 0 amide bonds. The monoisotopic (exact) mass is 366 g/mol. The fraction of sp³-hybridized carbons (Fsp3) is 0.0625. The molecule has 2 aromatic rings. The highest BCUT2D eigenvalue weighted by Gasteiger charge is 2.13. The second kappa shape index (κ2) is 6.78. The van der Waals surface area contributed by atoms with E-state index in [0.29, 0.717) is 26.6 Å². The van der Waals surface area contributed by atoms with Gasteiger partial charge in [-0.15, -0.1) is 0 Å². The summed E-state index contributed by atoms with van der Waals surface area (Å²) in [5.41, 5.74) is 0.938. The van der Waals surface area contributed by atoms with Gasteiger partial charge in [-0.2, -0.15) is 0 Å². The Labute approximate surface area is 136 Å². The average Bonchev–Trinajstić information content (AvgIpc) is 2.48. The Kier molecular flexibility index (Phi) is 5.04. The van der Waals surface area contributed by atoms with Crippen LogP contribution in [0, 0.1) is 0 Å². The zero-order valence-corrected chi connectivity index (χ0v) is 13.6. The number of methoxy groups -OCH3 is 1. The maximum absolute atomic E-state index is 11.5. The molecule has 0 aliphatic rings. The molecule has 0 bridgehead atoms. The third-order valence-corrected chi connectivity index (χ3v) is 3.65. The van der Waals surface area contributed by atoms with Crippen molar-refractivity contribution in [1.29, 1.82) is 0 Å². The lowest BCUT2D eigenvalue weighted by molar-refractivity contribution is -0.133. The van der Waals surface area contributed by atoms with Gasteiger partial charge in [-0.05, 0) is 42.5 Å². The van der Waals surface area contributed by atoms with Crippen LogP contribution in [0.1, 0.15) is 5.56 Å². The van der Waals surface area contributed by atoms with Crippen molar-refractivity contribution in [2.75, 3.05) is 7.11 Å². The van der Waals surface area contributed by atoms with E-state index in [1.54, 1.807) is 42.5 Å². The van der Waals surface area contributed by atoms with Crippen LogP contribution in [0.15, 0.2) is 53.5 Å². The molecule has 21 heavy (non-hydrogen) atoms. The quantitative estimate of drug-likeness (QED) is 0.558. The number of halogens is 2. The van der Waals surface area contributed by atoms with E-state index in [2.05, 4.69) is 27.2 Å². The fourth-order valence-corrected chi connectivity index (χ4v) is 2.40. The molecule has 5 heteroatoms. The molecule has 0 aliphatic heterocycles. The minimum absolute atomic E-state index is 0.280. The Morgan fingerprint density at radius 1 is 1.14 bits per heavy atom. The highest BCUT2D eigenvalue weighted by atomic mass is 79.9. The van der Waals surface area contributed by atoms with Gasteiger partial charge in [-0.3, -0.25) is 0 Å². The molecule has 0 N–H and O–H groups in total. The standard InChI is InChI=1S/C16H12BrClO3/c1-10(16(19)20-2)14-8-7-13(9-15(14)17)21-12-5-3-11(18)4-6-12/h3-9H,1H2,2H3. The van der Waals surface area contributed by atoms with Crippen molar-refractivity contribution in [1.82, 2.24) is 0 Å². The van der Waals surface area contributed by atoms with Gasteiger partial charge in [-0.1, -0.05) is 34.1 Å². The van der Waals surface area contributed by atoms with Crippen molar-refractivity contribution in [2.24, 2.45) is 0 Å². The zero-order chi connectivity index (χ0) is 15.4. The Morgan fingerprint density at radius 2 is 1.76 bits per heavy atom. The van der Waals surface area contributed by atoms with Crippen molar-refractivity contribution in [3.8, 4) is 11.5 Å². The number of rotatable bonds is 4. The van der Waals surface area contributed by atoms with Gasteiger partial charge in [0.05, 0.1) is 12.7 Å². The molecule has 0 unspecified atom stereocenters. The number of carbonyl (C=O) groups is 1. The topological polar surface area (TPSA) is 35.5 Å². The van der Waals surface area contributed by atoms with Crippen LogP contribution in [0.5, 0.6) is 11.5 Å². The van der Waals surface area contributed by atoms with Crippen LogP contribution in [0.3, 0.4) is 0 Å². The molecule has 0 saturated carbocycles. The van der Waals surface area contributed by atoms with Crippen LogP contribution in [0.2, 0.25) is 5.02 Å². The first-order valence-corrected chi connectivity index (χ1v) is 7.19. The van der Waals surface area contributed by atoms with Gasteiger partial charge in [0.2, 0.25) is 0 Å². The molecular weight excluding hydrogens is 356 g/mol. The van der Waals surface area contributed by atoms with E-state index in [-0.39, 0.29) is 5.57 Å². The molecule has 0 radical (unpaired) electrons. The van der Waals surface area contributed by atoms with E-state index in [9.17, 15) is 4.79 Å². The summed E-state index contributed by atoms with van der Waals surface area (Å²) in [7, 11) is 1.32. The number of benzene rings is 2. The number of hydrogen-bond acceptors (Lipinski definition) is 3. The number of hydrogen-bond donors (Lipinski definition) is 0. The third-order valence-electron chi connectivity index (χ3n) is 2.75. The van der Waals surface area contributed by atoms with Crippen LogP contribution >= 0.6 is 27.5 Å². The summed E-state index contributed by atoms with van der Waals surface area (Å²) in [4.78, 5) is 11.5. The van der Waals surface area contributed by atoms with Crippen LogP contribution < -0.4 is 4.74 Å². The van der Waals surface area contributed by atoms with Crippen molar-refractivity contribution in [3.05, 3.63) is 64.1 Å². The van der Waals surface area contributed by atoms with Crippen LogP contribution in [-0.2, 0) is 9.53 Å². The van der Waals surface area contributed by atoms with Gasteiger partial charge in [0, 0.05) is 15.1 Å². The van der Waals surface area contributed by atoms with E-state index >= 15 is 0 Å². The summed E-state index contributed by atoms with van der Waals surface area (Å²) in [5.74, 6) is 0.832. The van der Waals surface area contributed by atoms with E-state index in [1.807, 2.05) is 0 Å². The van der Waals surface area contributed by atoms with Gasteiger partial charge < -0.3 is 9.47 Å². The molecule has 0 spiro atoms. The summed E-state index contributed by atoms with van der Waals surface area (Å²) in [6.07, 6.45) is 0. The third kappa shape index (κ3) is 3.86. The van der Waals surface area contributed by atoms with Gasteiger partial charge in [-0.25, -0.2) is 4.79 Å². The molecule has 108 valence electrons. The van der Waals surface area contributed by atoms with Gasteiger partial charge in [0.25, 0.3) is 0 Å². The summed E-state index contributed by atoms with van der Waals surface area (Å²) >= 11 is 9.22. The highest BCUT2D eigenvalue weighted by molar-refractivity contribution is 9.10. The van der Waals surface area contributed by atoms with Gasteiger partial charge in [0.15, 0.2) is 0 Å². The molecule has 0 aromatic heterocycles. The van der Waals surface area contributed by atoms with E-state index in [4.69, 9.17) is 16.3 Å². The fourth-order valence-electron chi connectivity index (χ4n) is 1.68. The predicted octanol–water partition coefficient (Wildman–Crippen LogP) is 5.08. The minimum atomic E-state index is -0.470. The average molecular weight is 368 g/mol. The Hall–Kier alpha value is -1.78. The lowest BCUT2D eigenvalue weighted by atomic mass is 10.1. The number of carbonyl (C=O) groups excluding carboxylic acids is 1. The van der Waals surface area contributed by atoms with Crippen LogP contribution in [0.25, 0.3) is 5.57 Å². The van der Waals surface area contributed by atoms with E-state index in [1.165, 1.54) is 7.11 Å². The normalized spacial score (nSPS) is 10.0. The maximum Gasteiger partial charge on any atom is 0.337 e. The van der Waals surface area contributed by atoms with Crippen molar-refractivity contribution in [2.45, 2.75) is 0 Å². The first-order valence-electron chi connectivity index (χ1n) is 6.02. The molecule has 2 aromatic carbocycles. The molecule has 3 nitrogen and oxygen atoms in total. The first-order chi connectivity index (χ1) is 10.0. The Morgan fingerprint density at radius 3 is 2.33 bits per heavy atom. The zero-order valence-electron chi connectivity index (χ0n) is 11.2. The first kappa shape index (κ1) is 15.6. The van der Waals surface area contributed by atoms with Crippen molar-refractivity contribution >= 4 is 39.1 Å².